The second-order valence-corrected chi connectivity index (χ2v) is 7.02. The van der Waals surface area contributed by atoms with Crippen LogP contribution in [-0.2, 0) is 0 Å². The number of ether oxygens (including phenoxy) is 2. The van der Waals surface area contributed by atoms with Gasteiger partial charge in [0.1, 0.15) is 11.9 Å². The molecule has 0 saturated heterocycles. The molecular weight excluding hydrogens is 406 g/mol. The molecule has 1 heterocycles. The average Bonchev–Trinajstić information content (AvgIpc) is 3.04. The smallest absolute Gasteiger partial charge is 0.162 e. The fraction of sp³-hybridized carbons (Fsp3) is 0.238. The van der Waals surface area contributed by atoms with E-state index in [1.165, 1.54) is 11.1 Å². The minimum Gasteiger partial charge on any atom is -0.493 e. The molecule has 0 bridgehead atoms. The Morgan fingerprint density at radius 2 is 1.96 bits per heavy atom. The molecule has 0 aliphatic heterocycles. The molecule has 1 N–H and O–H groups in total. The third-order valence-electron chi connectivity index (χ3n) is 4.36. The van der Waals surface area contributed by atoms with Crippen molar-refractivity contribution in [1.29, 1.82) is 5.26 Å². The third kappa shape index (κ3) is 3.83. The quantitative estimate of drug-likeness (QED) is 0.554. The van der Waals surface area contributed by atoms with Crippen molar-refractivity contribution in [3.05, 3.63) is 51.3 Å². The molecule has 0 fully saturated rings. The van der Waals surface area contributed by atoms with Gasteiger partial charge in [0.2, 0.25) is 0 Å². The Morgan fingerprint density at radius 3 is 2.63 bits per heavy atom. The maximum Gasteiger partial charge on any atom is 0.162 e. The lowest BCUT2D eigenvalue weighted by Gasteiger charge is -2.11. The van der Waals surface area contributed by atoms with Crippen molar-refractivity contribution in [2.24, 2.45) is 0 Å². The van der Waals surface area contributed by atoms with E-state index < -0.39 is 0 Å². The summed E-state index contributed by atoms with van der Waals surface area (Å²) in [5, 5.41) is 9.68. The van der Waals surface area contributed by atoms with E-state index in [4.69, 9.17) is 9.47 Å². The molecule has 0 atom stereocenters. The van der Waals surface area contributed by atoms with Crippen molar-refractivity contribution in [2.75, 3.05) is 13.7 Å². The second-order valence-electron chi connectivity index (χ2n) is 6.17. The van der Waals surface area contributed by atoms with Gasteiger partial charge in [-0.15, -0.1) is 0 Å². The van der Waals surface area contributed by atoms with Crippen LogP contribution in [0.4, 0.5) is 0 Å². The zero-order valence-corrected chi connectivity index (χ0v) is 17.3. The Balaban J connectivity index is 2.08. The lowest BCUT2D eigenvalue weighted by atomic mass is 10.1. The van der Waals surface area contributed by atoms with Crippen molar-refractivity contribution in [1.82, 2.24) is 9.97 Å². The van der Waals surface area contributed by atoms with Crippen LogP contribution in [0.25, 0.3) is 22.7 Å². The number of rotatable bonds is 5. The highest BCUT2D eigenvalue weighted by Crippen LogP contribution is 2.35. The Hall–Kier alpha value is -2.78. The van der Waals surface area contributed by atoms with E-state index in [2.05, 4.69) is 38.9 Å². The van der Waals surface area contributed by atoms with Crippen molar-refractivity contribution < 1.29 is 9.47 Å². The van der Waals surface area contributed by atoms with Crippen molar-refractivity contribution in [2.45, 2.75) is 20.8 Å². The van der Waals surface area contributed by atoms with Crippen LogP contribution in [0.3, 0.4) is 0 Å². The van der Waals surface area contributed by atoms with Crippen LogP contribution >= 0.6 is 15.9 Å². The molecule has 0 unspecified atom stereocenters. The number of aromatic nitrogens is 2. The number of fused-ring (bicyclic) bond motifs is 1. The zero-order valence-electron chi connectivity index (χ0n) is 15.7. The molecule has 2 aromatic carbocycles. The van der Waals surface area contributed by atoms with Gasteiger partial charge in [0.15, 0.2) is 11.5 Å². The van der Waals surface area contributed by atoms with E-state index in [0.29, 0.717) is 29.5 Å². The van der Waals surface area contributed by atoms with Crippen LogP contribution < -0.4 is 9.47 Å². The van der Waals surface area contributed by atoms with Crippen molar-refractivity contribution >= 4 is 38.6 Å². The van der Waals surface area contributed by atoms with Gasteiger partial charge in [-0.05, 0) is 67.8 Å². The molecule has 0 amide bonds. The summed E-state index contributed by atoms with van der Waals surface area (Å²) >= 11 is 3.54. The number of aryl methyl sites for hydroxylation is 2. The van der Waals surface area contributed by atoms with E-state index in [-0.39, 0.29) is 0 Å². The zero-order chi connectivity index (χ0) is 19.6. The van der Waals surface area contributed by atoms with Crippen LogP contribution in [0.15, 0.2) is 28.7 Å². The minimum absolute atomic E-state index is 0.438. The van der Waals surface area contributed by atoms with Gasteiger partial charge in [-0.25, -0.2) is 4.98 Å². The summed E-state index contributed by atoms with van der Waals surface area (Å²) in [5.41, 5.74) is 5.35. The molecule has 0 saturated carbocycles. The number of methoxy groups -OCH3 is 1. The van der Waals surface area contributed by atoms with Crippen molar-refractivity contribution in [3.63, 3.8) is 0 Å². The summed E-state index contributed by atoms with van der Waals surface area (Å²) in [5.74, 6) is 1.80. The van der Waals surface area contributed by atoms with Crippen LogP contribution in [-0.4, -0.2) is 23.7 Å². The Morgan fingerprint density at radius 1 is 1.22 bits per heavy atom. The van der Waals surface area contributed by atoms with E-state index >= 15 is 0 Å². The Bertz CT molecular complexity index is 1040. The fourth-order valence-corrected chi connectivity index (χ4v) is 3.23. The molecular formula is C21H20BrN3O2. The van der Waals surface area contributed by atoms with Gasteiger partial charge >= 0.3 is 0 Å². The first-order valence-electron chi connectivity index (χ1n) is 8.56. The molecule has 3 aromatic rings. The van der Waals surface area contributed by atoms with Gasteiger partial charge in [0.25, 0.3) is 0 Å². The molecule has 0 radical (unpaired) electrons. The standard InChI is InChI=1S/C21H20BrN3O2/c1-5-27-20-10-16(22)14(9-19(20)26-4)8-15(11-23)21-24-17-6-12(2)13(3)7-18(17)25-21/h6-10H,5H2,1-4H3,(H,24,25)/b15-8-. The molecule has 3 rings (SSSR count). The van der Waals surface area contributed by atoms with Crippen LogP contribution in [0.1, 0.15) is 29.4 Å². The maximum absolute atomic E-state index is 9.68. The fourth-order valence-electron chi connectivity index (χ4n) is 2.80. The monoisotopic (exact) mass is 425 g/mol. The summed E-state index contributed by atoms with van der Waals surface area (Å²) in [6.07, 6.45) is 1.78. The first-order valence-corrected chi connectivity index (χ1v) is 9.35. The summed E-state index contributed by atoms with van der Waals surface area (Å²) in [6.45, 7) is 6.56. The van der Waals surface area contributed by atoms with Crippen molar-refractivity contribution in [3.8, 4) is 17.6 Å². The summed E-state index contributed by atoms with van der Waals surface area (Å²) in [4.78, 5) is 7.83. The Kier molecular flexibility index (Phi) is 5.52. The average molecular weight is 426 g/mol. The van der Waals surface area contributed by atoms with Gasteiger partial charge in [0, 0.05) is 4.47 Å². The molecule has 1 aromatic heterocycles. The maximum atomic E-state index is 9.68. The van der Waals surface area contributed by atoms with E-state index in [1.807, 2.05) is 38.1 Å². The molecule has 5 nitrogen and oxygen atoms in total. The Labute approximate surface area is 166 Å². The number of allylic oxidation sites excluding steroid dienone is 1. The molecule has 0 aliphatic rings. The highest BCUT2D eigenvalue weighted by Gasteiger charge is 2.13. The number of aromatic amines is 1. The molecule has 0 aliphatic carbocycles. The number of benzene rings is 2. The summed E-state index contributed by atoms with van der Waals surface area (Å²) < 4.78 is 11.8. The SMILES string of the molecule is CCOc1cc(Br)c(/C=C(/C#N)c2nc3cc(C)c(C)cc3[nH]2)cc1OC. The van der Waals surface area contributed by atoms with Gasteiger partial charge in [-0.3, -0.25) is 0 Å². The first kappa shape index (κ1) is 19.0. The predicted molar refractivity (Wildman–Crippen MR) is 111 cm³/mol. The van der Waals surface area contributed by atoms with Crippen LogP contribution in [0, 0.1) is 25.2 Å². The van der Waals surface area contributed by atoms with E-state index in [0.717, 1.165) is 21.1 Å². The van der Waals surface area contributed by atoms with Crippen LogP contribution in [0.5, 0.6) is 11.5 Å². The second kappa shape index (κ2) is 7.85. The number of H-pyrrole nitrogens is 1. The van der Waals surface area contributed by atoms with Gasteiger partial charge in [-0.1, -0.05) is 15.9 Å². The van der Waals surface area contributed by atoms with Gasteiger partial charge in [-0.2, -0.15) is 5.26 Å². The molecule has 0 spiro atoms. The molecule has 27 heavy (non-hydrogen) atoms. The highest BCUT2D eigenvalue weighted by molar-refractivity contribution is 9.10. The number of hydrogen-bond acceptors (Lipinski definition) is 4. The number of halogens is 1. The normalized spacial score (nSPS) is 11.5. The lowest BCUT2D eigenvalue weighted by Crippen LogP contribution is -1.96. The predicted octanol–water partition coefficient (Wildman–Crippen LogP) is 5.41. The van der Waals surface area contributed by atoms with Crippen LogP contribution in [0.2, 0.25) is 0 Å². The number of nitrogens with one attached hydrogen (secondary N) is 1. The minimum atomic E-state index is 0.438. The number of nitrogens with zero attached hydrogens (tertiary/aromatic N) is 2. The third-order valence-corrected chi connectivity index (χ3v) is 5.04. The first-order chi connectivity index (χ1) is 13.0. The summed E-state index contributed by atoms with van der Waals surface area (Å²) in [7, 11) is 1.59. The van der Waals surface area contributed by atoms with E-state index in [1.54, 1.807) is 13.2 Å². The van der Waals surface area contributed by atoms with Gasteiger partial charge in [0.05, 0.1) is 30.3 Å². The van der Waals surface area contributed by atoms with E-state index in [9.17, 15) is 5.26 Å². The highest BCUT2D eigenvalue weighted by atomic mass is 79.9. The largest absolute Gasteiger partial charge is 0.493 e. The number of imidazole rings is 1. The lowest BCUT2D eigenvalue weighted by molar-refractivity contribution is 0.310. The molecule has 6 heteroatoms. The van der Waals surface area contributed by atoms with Gasteiger partial charge < -0.3 is 14.5 Å². The molecule has 138 valence electrons. The summed E-state index contributed by atoms with van der Waals surface area (Å²) in [6, 6.07) is 9.99. The topological polar surface area (TPSA) is 70.9 Å². The number of hydrogen-bond donors (Lipinski definition) is 1. The number of nitriles is 1.